The molecule has 1 aliphatic rings. The number of nitrogens with one attached hydrogen (secondary N) is 1. The second-order valence-electron chi connectivity index (χ2n) is 8.33. The molecule has 5 heteroatoms. The molecule has 158 valence electrons. The van der Waals surface area contributed by atoms with Crippen molar-refractivity contribution in [2.24, 2.45) is 4.99 Å². The number of rotatable bonds is 9. The molecule has 1 aromatic rings. The molecular formula is C23H39N3O2. The molecule has 1 aromatic carbocycles. The van der Waals surface area contributed by atoms with Crippen LogP contribution in [0, 0.1) is 6.92 Å². The average Bonchev–Trinajstić information content (AvgIpc) is 2.69. The van der Waals surface area contributed by atoms with Gasteiger partial charge in [-0.15, -0.1) is 0 Å². The van der Waals surface area contributed by atoms with Gasteiger partial charge in [0.15, 0.2) is 5.96 Å². The van der Waals surface area contributed by atoms with E-state index in [-0.39, 0.29) is 5.41 Å². The van der Waals surface area contributed by atoms with Crippen molar-refractivity contribution in [3.05, 3.63) is 35.4 Å². The summed E-state index contributed by atoms with van der Waals surface area (Å²) < 4.78 is 11.1. The number of likely N-dealkylation sites (tertiary alicyclic amines) is 1. The Morgan fingerprint density at radius 1 is 1.25 bits per heavy atom. The highest BCUT2D eigenvalue weighted by atomic mass is 16.5. The molecule has 2 rings (SSSR count). The fourth-order valence-electron chi connectivity index (χ4n) is 3.54. The van der Waals surface area contributed by atoms with E-state index in [4.69, 9.17) is 14.5 Å². The van der Waals surface area contributed by atoms with E-state index in [1.807, 2.05) is 0 Å². The van der Waals surface area contributed by atoms with Crippen molar-refractivity contribution in [1.82, 2.24) is 10.2 Å². The first-order valence-electron chi connectivity index (χ1n) is 10.7. The van der Waals surface area contributed by atoms with Gasteiger partial charge in [-0.25, -0.2) is 0 Å². The summed E-state index contributed by atoms with van der Waals surface area (Å²) >= 11 is 0. The molecule has 0 unspecified atom stereocenters. The summed E-state index contributed by atoms with van der Waals surface area (Å²) in [6.45, 7) is 14.0. The van der Waals surface area contributed by atoms with E-state index in [1.165, 1.54) is 11.1 Å². The molecule has 0 atom stereocenters. The van der Waals surface area contributed by atoms with Gasteiger partial charge in [0.1, 0.15) is 0 Å². The lowest BCUT2D eigenvalue weighted by atomic mass is 9.84. The number of ether oxygens (including phenoxy) is 2. The Labute approximate surface area is 171 Å². The Hall–Kier alpha value is -1.59. The quantitative estimate of drug-likeness (QED) is 0.397. The molecular weight excluding hydrogens is 350 g/mol. The highest BCUT2D eigenvalue weighted by molar-refractivity contribution is 5.80. The minimum absolute atomic E-state index is 0.00940. The first-order valence-corrected chi connectivity index (χ1v) is 10.7. The topological polar surface area (TPSA) is 46.1 Å². The van der Waals surface area contributed by atoms with Crippen LogP contribution in [0.3, 0.4) is 0 Å². The second-order valence-corrected chi connectivity index (χ2v) is 8.33. The number of methoxy groups -OCH3 is 1. The molecule has 1 fully saturated rings. The SMILES string of the molecule is CCNC(=NCC(C)(C)c1cccc(C)c1)N1CCC(OCCCOC)CC1. The van der Waals surface area contributed by atoms with Gasteiger partial charge in [-0.1, -0.05) is 43.7 Å². The second kappa shape index (κ2) is 11.4. The van der Waals surface area contributed by atoms with Gasteiger partial charge >= 0.3 is 0 Å². The number of nitrogens with zero attached hydrogens (tertiary/aromatic N) is 2. The standard InChI is InChI=1S/C23H39N3O2/c1-6-24-22(25-18-23(3,4)20-10-7-9-19(2)17-20)26-13-11-21(12-14-26)28-16-8-15-27-5/h7,9-10,17,21H,6,8,11-16,18H2,1-5H3,(H,24,25). The van der Waals surface area contributed by atoms with Crippen molar-refractivity contribution >= 4 is 5.96 Å². The van der Waals surface area contributed by atoms with Gasteiger partial charge in [-0.05, 0) is 38.7 Å². The summed E-state index contributed by atoms with van der Waals surface area (Å²) in [5, 5.41) is 3.48. The van der Waals surface area contributed by atoms with Crippen LogP contribution < -0.4 is 5.32 Å². The molecule has 0 amide bonds. The van der Waals surface area contributed by atoms with Crippen molar-refractivity contribution < 1.29 is 9.47 Å². The van der Waals surface area contributed by atoms with Crippen molar-refractivity contribution in [3.8, 4) is 0 Å². The lowest BCUT2D eigenvalue weighted by molar-refractivity contribution is 0.00989. The Morgan fingerprint density at radius 2 is 2.00 bits per heavy atom. The molecule has 1 heterocycles. The number of aliphatic imine (C=N–C) groups is 1. The van der Waals surface area contributed by atoms with Crippen LogP contribution >= 0.6 is 0 Å². The molecule has 5 nitrogen and oxygen atoms in total. The molecule has 0 bridgehead atoms. The average molecular weight is 390 g/mol. The predicted molar refractivity (Wildman–Crippen MR) is 117 cm³/mol. The molecule has 1 N–H and O–H groups in total. The number of aryl methyl sites for hydroxylation is 1. The normalized spacial score (nSPS) is 16.5. The summed E-state index contributed by atoms with van der Waals surface area (Å²) in [6.07, 6.45) is 3.44. The fraction of sp³-hybridized carbons (Fsp3) is 0.696. The molecule has 0 aromatic heterocycles. The minimum Gasteiger partial charge on any atom is -0.385 e. The Balaban J connectivity index is 1.92. The van der Waals surface area contributed by atoms with E-state index in [1.54, 1.807) is 7.11 Å². The van der Waals surface area contributed by atoms with Crippen molar-refractivity contribution in [1.29, 1.82) is 0 Å². The van der Waals surface area contributed by atoms with Crippen LogP contribution in [0.1, 0.15) is 51.2 Å². The highest BCUT2D eigenvalue weighted by Crippen LogP contribution is 2.24. The fourth-order valence-corrected chi connectivity index (χ4v) is 3.54. The summed E-state index contributed by atoms with van der Waals surface area (Å²) in [4.78, 5) is 7.38. The van der Waals surface area contributed by atoms with Gasteiger partial charge in [0, 0.05) is 45.4 Å². The van der Waals surface area contributed by atoms with E-state index in [9.17, 15) is 0 Å². The van der Waals surface area contributed by atoms with Crippen LogP contribution in [0.5, 0.6) is 0 Å². The summed E-state index contributed by atoms with van der Waals surface area (Å²) in [6, 6.07) is 8.77. The summed E-state index contributed by atoms with van der Waals surface area (Å²) in [5.41, 5.74) is 2.65. The maximum absolute atomic E-state index is 5.99. The lowest BCUT2D eigenvalue weighted by Gasteiger charge is -2.35. The van der Waals surface area contributed by atoms with Crippen LogP contribution in [0.15, 0.2) is 29.3 Å². The third kappa shape index (κ3) is 7.10. The molecule has 0 spiro atoms. The van der Waals surface area contributed by atoms with Gasteiger partial charge in [-0.2, -0.15) is 0 Å². The highest BCUT2D eigenvalue weighted by Gasteiger charge is 2.24. The number of hydrogen-bond donors (Lipinski definition) is 1. The van der Waals surface area contributed by atoms with Gasteiger partial charge in [0.25, 0.3) is 0 Å². The van der Waals surface area contributed by atoms with Crippen LogP contribution in [-0.2, 0) is 14.9 Å². The van der Waals surface area contributed by atoms with Crippen molar-refractivity contribution in [3.63, 3.8) is 0 Å². The minimum atomic E-state index is 0.00940. The van der Waals surface area contributed by atoms with Crippen molar-refractivity contribution in [2.45, 2.75) is 58.5 Å². The van der Waals surface area contributed by atoms with Crippen LogP contribution in [0.4, 0.5) is 0 Å². The monoisotopic (exact) mass is 389 g/mol. The van der Waals surface area contributed by atoms with E-state index < -0.39 is 0 Å². The maximum atomic E-state index is 5.99. The van der Waals surface area contributed by atoms with Gasteiger partial charge < -0.3 is 19.7 Å². The first-order chi connectivity index (χ1) is 13.5. The van der Waals surface area contributed by atoms with E-state index in [2.05, 4.69) is 62.2 Å². The smallest absolute Gasteiger partial charge is 0.193 e. The van der Waals surface area contributed by atoms with Crippen LogP contribution in [0.25, 0.3) is 0 Å². The summed E-state index contributed by atoms with van der Waals surface area (Å²) in [7, 11) is 1.74. The molecule has 28 heavy (non-hydrogen) atoms. The van der Waals surface area contributed by atoms with Crippen LogP contribution in [-0.4, -0.2) is 63.5 Å². The van der Waals surface area contributed by atoms with Gasteiger partial charge in [0.05, 0.1) is 12.6 Å². The van der Waals surface area contributed by atoms with Crippen molar-refractivity contribution in [2.75, 3.05) is 46.5 Å². The predicted octanol–water partition coefficient (Wildman–Crippen LogP) is 3.76. The first kappa shape index (κ1) is 22.7. The Bertz CT molecular complexity index is 608. The number of guanidine groups is 1. The third-order valence-electron chi connectivity index (χ3n) is 5.35. The Kier molecular flexibility index (Phi) is 9.26. The maximum Gasteiger partial charge on any atom is 0.193 e. The lowest BCUT2D eigenvalue weighted by Crippen LogP contribution is -2.47. The third-order valence-corrected chi connectivity index (χ3v) is 5.35. The van der Waals surface area contributed by atoms with Gasteiger partial charge in [-0.3, -0.25) is 4.99 Å². The van der Waals surface area contributed by atoms with Gasteiger partial charge in [0.2, 0.25) is 0 Å². The number of benzene rings is 1. The number of piperidine rings is 1. The zero-order chi connectivity index (χ0) is 20.4. The Morgan fingerprint density at radius 3 is 2.64 bits per heavy atom. The molecule has 1 aliphatic heterocycles. The van der Waals surface area contributed by atoms with E-state index >= 15 is 0 Å². The van der Waals surface area contributed by atoms with Crippen LogP contribution in [0.2, 0.25) is 0 Å². The molecule has 0 aliphatic carbocycles. The van der Waals surface area contributed by atoms with E-state index in [0.29, 0.717) is 6.10 Å². The zero-order valence-electron chi connectivity index (χ0n) is 18.5. The summed E-state index contributed by atoms with van der Waals surface area (Å²) in [5.74, 6) is 1.03. The molecule has 0 radical (unpaired) electrons. The molecule has 1 saturated heterocycles. The largest absolute Gasteiger partial charge is 0.385 e. The number of hydrogen-bond acceptors (Lipinski definition) is 3. The zero-order valence-corrected chi connectivity index (χ0v) is 18.5. The van der Waals surface area contributed by atoms with E-state index in [0.717, 1.165) is 64.6 Å². The molecule has 0 saturated carbocycles.